The van der Waals surface area contributed by atoms with Crippen molar-refractivity contribution in [2.24, 2.45) is 11.7 Å². The van der Waals surface area contributed by atoms with Gasteiger partial charge in [-0.25, -0.2) is 0 Å². The molecule has 1 aromatic heterocycles. The van der Waals surface area contributed by atoms with Crippen molar-refractivity contribution in [2.45, 2.75) is 24.9 Å². The van der Waals surface area contributed by atoms with Crippen LogP contribution in [0.4, 0.5) is 0 Å². The van der Waals surface area contributed by atoms with Crippen molar-refractivity contribution in [3.63, 3.8) is 0 Å². The summed E-state index contributed by atoms with van der Waals surface area (Å²) in [6, 6.07) is 3.16. The number of fused-ring (bicyclic) bond motifs is 1. The highest BCUT2D eigenvalue weighted by Gasteiger charge is 2.43. The van der Waals surface area contributed by atoms with Gasteiger partial charge in [0, 0.05) is 18.0 Å². The maximum atomic E-state index is 12.5. The number of hydrogen-bond donors (Lipinski definition) is 2. The highest BCUT2D eigenvalue weighted by molar-refractivity contribution is 7.10. The summed E-state index contributed by atoms with van der Waals surface area (Å²) < 4.78 is 0. The van der Waals surface area contributed by atoms with Crippen molar-refractivity contribution in [1.82, 2.24) is 10.2 Å². The third-order valence-electron chi connectivity index (χ3n) is 4.00. The summed E-state index contributed by atoms with van der Waals surface area (Å²) in [5, 5.41) is 4.77. The van der Waals surface area contributed by atoms with Gasteiger partial charge in [-0.15, -0.1) is 11.3 Å². The summed E-state index contributed by atoms with van der Waals surface area (Å²) in [6.45, 7) is 1.26. The second-order valence-electron chi connectivity index (χ2n) is 5.09. The lowest BCUT2D eigenvalue weighted by atomic mass is 9.91. The lowest BCUT2D eigenvalue weighted by Crippen LogP contribution is -2.51. The molecule has 6 heteroatoms. The van der Waals surface area contributed by atoms with E-state index in [1.807, 2.05) is 17.5 Å². The molecule has 0 aliphatic carbocycles. The molecule has 3 rings (SSSR count). The Hall–Kier alpha value is -1.40. The summed E-state index contributed by atoms with van der Waals surface area (Å²) in [5.41, 5.74) is 6.05. The number of nitrogens with two attached hydrogens (primary N) is 1. The maximum Gasteiger partial charge on any atom is 0.245 e. The highest BCUT2D eigenvalue weighted by atomic mass is 32.1. The monoisotopic (exact) mass is 279 g/mol. The molecule has 0 aromatic carbocycles. The zero-order valence-electron chi connectivity index (χ0n) is 10.5. The average Bonchev–Trinajstić information content (AvgIpc) is 3.07. The quantitative estimate of drug-likeness (QED) is 0.827. The number of amides is 2. The Balaban J connectivity index is 1.78. The molecule has 0 saturated carbocycles. The molecule has 3 unspecified atom stereocenters. The number of rotatable bonds is 2. The Labute approximate surface area is 115 Å². The Kier molecular flexibility index (Phi) is 3.28. The lowest BCUT2D eigenvalue weighted by molar-refractivity contribution is -0.138. The van der Waals surface area contributed by atoms with Gasteiger partial charge in [-0.1, -0.05) is 6.07 Å². The van der Waals surface area contributed by atoms with Crippen molar-refractivity contribution in [2.75, 3.05) is 13.1 Å². The first kappa shape index (κ1) is 12.6. The van der Waals surface area contributed by atoms with E-state index in [0.717, 1.165) is 17.7 Å². The van der Waals surface area contributed by atoms with Gasteiger partial charge in [-0.2, -0.15) is 0 Å². The van der Waals surface area contributed by atoms with Gasteiger partial charge in [0.1, 0.15) is 6.04 Å². The first-order valence-electron chi connectivity index (χ1n) is 6.55. The van der Waals surface area contributed by atoms with E-state index in [1.165, 1.54) is 11.3 Å². The maximum absolute atomic E-state index is 12.5. The zero-order chi connectivity index (χ0) is 13.4. The first-order chi connectivity index (χ1) is 9.18. The summed E-state index contributed by atoms with van der Waals surface area (Å²) in [5.74, 6) is -0.0333. The van der Waals surface area contributed by atoms with E-state index in [2.05, 4.69) is 5.32 Å². The number of piperidine rings is 1. The molecule has 0 bridgehead atoms. The Morgan fingerprint density at radius 3 is 3.16 bits per heavy atom. The van der Waals surface area contributed by atoms with Crippen LogP contribution < -0.4 is 11.1 Å². The first-order valence-corrected chi connectivity index (χ1v) is 7.43. The SMILES string of the molecule is NC(C(=O)N1CCCC2C(=O)NCC21)c1cccs1. The standard InChI is InChI=1S/C13H17N3O2S/c14-11(10-4-2-6-19-10)13(18)16-5-1-3-8-9(16)7-15-12(8)17/h2,4,6,8-9,11H,1,3,5,7,14H2,(H,15,17). The van der Waals surface area contributed by atoms with Gasteiger partial charge < -0.3 is 16.0 Å². The fraction of sp³-hybridized carbons (Fsp3) is 0.538. The molecule has 3 N–H and O–H groups in total. The van der Waals surface area contributed by atoms with Crippen molar-refractivity contribution in [3.8, 4) is 0 Å². The Bertz CT molecular complexity index is 488. The van der Waals surface area contributed by atoms with Crippen LogP contribution in [0.3, 0.4) is 0 Å². The van der Waals surface area contributed by atoms with E-state index in [0.29, 0.717) is 13.1 Å². The smallest absolute Gasteiger partial charge is 0.245 e. The van der Waals surface area contributed by atoms with E-state index >= 15 is 0 Å². The lowest BCUT2D eigenvalue weighted by Gasteiger charge is -2.37. The molecule has 2 aliphatic heterocycles. The van der Waals surface area contributed by atoms with Crippen LogP contribution in [0.15, 0.2) is 17.5 Å². The van der Waals surface area contributed by atoms with Crippen LogP contribution in [0.25, 0.3) is 0 Å². The van der Waals surface area contributed by atoms with Crippen molar-refractivity contribution >= 4 is 23.2 Å². The molecule has 19 heavy (non-hydrogen) atoms. The van der Waals surface area contributed by atoms with Gasteiger partial charge >= 0.3 is 0 Å². The predicted molar refractivity (Wildman–Crippen MR) is 72.5 cm³/mol. The minimum Gasteiger partial charge on any atom is -0.354 e. The summed E-state index contributed by atoms with van der Waals surface area (Å²) >= 11 is 1.49. The van der Waals surface area contributed by atoms with Crippen LogP contribution in [0.2, 0.25) is 0 Å². The number of likely N-dealkylation sites (tertiary alicyclic amines) is 1. The average molecular weight is 279 g/mol. The molecule has 0 spiro atoms. The molecule has 3 heterocycles. The molecule has 3 atom stereocenters. The normalized spacial score (nSPS) is 27.8. The Morgan fingerprint density at radius 2 is 2.42 bits per heavy atom. The van der Waals surface area contributed by atoms with E-state index in [9.17, 15) is 9.59 Å². The topological polar surface area (TPSA) is 75.4 Å². The van der Waals surface area contributed by atoms with E-state index in [4.69, 9.17) is 5.73 Å². The number of nitrogens with one attached hydrogen (secondary N) is 1. The largest absolute Gasteiger partial charge is 0.354 e. The fourth-order valence-electron chi connectivity index (χ4n) is 2.99. The number of thiophene rings is 1. The van der Waals surface area contributed by atoms with Crippen LogP contribution in [0, 0.1) is 5.92 Å². The van der Waals surface area contributed by atoms with Gasteiger partial charge in [0.15, 0.2) is 0 Å². The molecule has 1 aromatic rings. The zero-order valence-corrected chi connectivity index (χ0v) is 11.4. The third-order valence-corrected chi connectivity index (χ3v) is 4.96. The summed E-state index contributed by atoms with van der Waals surface area (Å²) in [6.07, 6.45) is 1.74. The van der Waals surface area contributed by atoms with E-state index in [-0.39, 0.29) is 23.8 Å². The number of hydrogen-bond acceptors (Lipinski definition) is 4. The fourth-order valence-corrected chi connectivity index (χ4v) is 3.71. The van der Waals surface area contributed by atoms with Gasteiger partial charge in [0.05, 0.1) is 12.0 Å². The molecular formula is C13H17N3O2S. The van der Waals surface area contributed by atoms with Crippen molar-refractivity contribution < 1.29 is 9.59 Å². The molecule has 2 aliphatic rings. The van der Waals surface area contributed by atoms with Crippen molar-refractivity contribution in [3.05, 3.63) is 22.4 Å². The van der Waals surface area contributed by atoms with Crippen LogP contribution in [-0.2, 0) is 9.59 Å². The minimum absolute atomic E-state index is 0.0141. The summed E-state index contributed by atoms with van der Waals surface area (Å²) in [4.78, 5) is 26.9. The summed E-state index contributed by atoms with van der Waals surface area (Å²) in [7, 11) is 0. The molecule has 102 valence electrons. The number of carbonyl (C=O) groups is 2. The second-order valence-corrected chi connectivity index (χ2v) is 6.07. The minimum atomic E-state index is -0.602. The molecular weight excluding hydrogens is 262 g/mol. The molecule has 2 saturated heterocycles. The third kappa shape index (κ3) is 2.15. The van der Waals surface area contributed by atoms with Gasteiger partial charge in [-0.05, 0) is 24.3 Å². The molecule has 2 fully saturated rings. The number of nitrogens with zero attached hydrogens (tertiary/aromatic N) is 1. The van der Waals surface area contributed by atoms with Gasteiger partial charge in [0.25, 0.3) is 0 Å². The van der Waals surface area contributed by atoms with Gasteiger partial charge in [0.2, 0.25) is 11.8 Å². The number of carbonyl (C=O) groups excluding carboxylic acids is 2. The van der Waals surface area contributed by atoms with Crippen LogP contribution >= 0.6 is 11.3 Å². The van der Waals surface area contributed by atoms with Crippen molar-refractivity contribution in [1.29, 1.82) is 0 Å². The van der Waals surface area contributed by atoms with Crippen LogP contribution in [0.5, 0.6) is 0 Å². The van der Waals surface area contributed by atoms with E-state index in [1.54, 1.807) is 4.90 Å². The van der Waals surface area contributed by atoms with Gasteiger partial charge in [-0.3, -0.25) is 9.59 Å². The molecule has 5 nitrogen and oxygen atoms in total. The predicted octanol–water partition coefficient (Wildman–Crippen LogP) is 0.485. The van der Waals surface area contributed by atoms with Crippen LogP contribution in [0.1, 0.15) is 23.8 Å². The van der Waals surface area contributed by atoms with Crippen LogP contribution in [-0.4, -0.2) is 35.8 Å². The molecule has 2 amide bonds. The Morgan fingerprint density at radius 1 is 1.58 bits per heavy atom. The highest BCUT2D eigenvalue weighted by Crippen LogP contribution is 2.30. The molecule has 0 radical (unpaired) electrons. The van der Waals surface area contributed by atoms with E-state index < -0.39 is 6.04 Å². The second kappa shape index (κ2) is 4.94.